The van der Waals surface area contributed by atoms with Gasteiger partial charge in [0.05, 0.1) is 18.4 Å². The second kappa shape index (κ2) is 6.02. The van der Waals surface area contributed by atoms with Gasteiger partial charge >= 0.3 is 0 Å². The van der Waals surface area contributed by atoms with Crippen LogP contribution >= 0.6 is 0 Å². The average Bonchev–Trinajstić information content (AvgIpc) is 2.46. The van der Waals surface area contributed by atoms with Crippen LogP contribution in [-0.2, 0) is 6.54 Å². The van der Waals surface area contributed by atoms with Gasteiger partial charge in [-0.05, 0) is 18.2 Å². The number of nitrogens with zero attached hydrogens (tertiary/aromatic N) is 1. The first-order valence-electron chi connectivity index (χ1n) is 5.90. The van der Waals surface area contributed by atoms with E-state index in [4.69, 9.17) is 10.00 Å². The number of nitrogens with one attached hydrogen (secondary N) is 1. The van der Waals surface area contributed by atoms with Gasteiger partial charge in [0.25, 0.3) is 0 Å². The zero-order chi connectivity index (χ0) is 14.5. The Morgan fingerprint density at radius 1 is 1.25 bits per heavy atom. The minimum atomic E-state index is -0.633. The Morgan fingerprint density at radius 2 is 2.05 bits per heavy atom. The van der Waals surface area contributed by atoms with E-state index in [1.165, 1.54) is 19.2 Å². The van der Waals surface area contributed by atoms with E-state index in [1.807, 2.05) is 6.07 Å². The molecule has 0 radical (unpaired) electrons. The third kappa shape index (κ3) is 2.86. The molecule has 5 heteroatoms. The molecule has 2 aromatic rings. The summed E-state index contributed by atoms with van der Waals surface area (Å²) < 4.78 is 31.5. The standard InChI is InChI=1S/C15H12F2N2O/c1-20-14-4-2-3-10(8-18)15(14)19-9-11-5-6-12(16)7-13(11)17/h2-7,19H,9H2,1H3. The van der Waals surface area contributed by atoms with E-state index in [0.29, 0.717) is 22.6 Å². The quantitative estimate of drug-likeness (QED) is 0.928. The topological polar surface area (TPSA) is 45.0 Å². The van der Waals surface area contributed by atoms with Gasteiger partial charge in [-0.25, -0.2) is 8.78 Å². The Balaban J connectivity index is 2.25. The van der Waals surface area contributed by atoms with Crippen molar-refractivity contribution in [3.8, 4) is 11.8 Å². The lowest BCUT2D eigenvalue weighted by Crippen LogP contribution is -2.05. The zero-order valence-electron chi connectivity index (χ0n) is 10.8. The van der Waals surface area contributed by atoms with E-state index in [1.54, 1.807) is 18.2 Å². The highest BCUT2D eigenvalue weighted by Crippen LogP contribution is 2.28. The molecule has 0 bridgehead atoms. The Kier molecular flexibility index (Phi) is 4.16. The van der Waals surface area contributed by atoms with Gasteiger partial charge in [-0.1, -0.05) is 12.1 Å². The molecule has 20 heavy (non-hydrogen) atoms. The van der Waals surface area contributed by atoms with Crippen LogP contribution in [0.4, 0.5) is 14.5 Å². The Hall–Kier alpha value is -2.61. The largest absolute Gasteiger partial charge is 0.495 e. The molecule has 0 aliphatic rings. The second-order valence-corrected chi connectivity index (χ2v) is 4.08. The molecule has 0 aliphatic carbocycles. The van der Waals surface area contributed by atoms with Crippen molar-refractivity contribution in [3.05, 3.63) is 59.2 Å². The van der Waals surface area contributed by atoms with Gasteiger partial charge in [-0.2, -0.15) is 5.26 Å². The second-order valence-electron chi connectivity index (χ2n) is 4.08. The summed E-state index contributed by atoms with van der Waals surface area (Å²) in [6, 6.07) is 10.4. The minimum Gasteiger partial charge on any atom is -0.495 e. The summed E-state index contributed by atoms with van der Waals surface area (Å²) in [5.74, 6) is -0.765. The smallest absolute Gasteiger partial charge is 0.143 e. The van der Waals surface area contributed by atoms with Crippen LogP contribution in [0.25, 0.3) is 0 Å². The van der Waals surface area contributed by atoms with Crippen molar-refractivity contribution in [1.29, 1.82) is 5.26 Å². The van der Waals surface area contributed by atoms with E-state index in [-0.39, 0.29) is 6.54 Å². The maximum atomic E-state index is 13.5. The van der Waals surface area contributed by atoms with Gasteiger partial charge in [0, 0.05) is 18.2 Å². The summed E-state index contributed by atoms with van der Waals surface area (Å²) in [4.78, 5) is 0. The van der Waals surface area contributed by atoms with Crippen LogP contribution in [0, 0.1) is 23.0 Å². The van der Waals surface area contributed by atoms with Gasteiger partial charge in [-0.3, -0.25) is 0 Å². The number of hydrogen-bond acceptors (Lipinski definition) is 3. The third-order valence-electron chi connectivity index (χ3n) is 2.84. The van der Waals surface area contributed by atoms with Gasteiger partial charge < -0.3 is 10.1 Å². The van der Waals surface area contributed by atoms with Crippen LogP contribution < -0.4 is 10.1 Å². The highest BCUT2D eigenvalue weighted by molar-refractivity contribution is 5.66. The van der Waals surface area contributed by atoms with Crippen molar-refractivity contribution in [2.75, 3.05) is 12.4 Å². The van der Waals surface area contributed by atoms with Crippen molar-refractivity contribution in [2.45, 2.75) is 6.54 Å². The van der Waals surface area contributed by atoms with Crippen LogP contribution in [0.2, 0.25) is 0 Å². The van der Waals surface area contributed by atoms with Gasteiger partial charge in [0.1, 0.15) is 23.5 Å². The van der Waals surface area contributed by atoms with Gasteiger partial charge in [0.15, 0.2) is 0 Å². The first kappa shape index (κ1) is 13.8. The molecule has 0 unspecified atom stereocenters. The molecule has 2 aromatic carbocycles. The Bertz CT molecular complexity index is 665. The molecule has 0 saturated heterocycles. The Morgan fingerprint density at radius 3 is 2.70 bits per heavy atom. The van der Waals surface area contributed by atoms with Crippen molar-refractivity contribution < 1.29 is 13.5 Å². The monoisotopic (exact) mass is 274 g/mol. The molecule has 0 atom stereocenters. The first-order valence-corrected chi connectivity index (χ1v) is 5.90. The summed E-state index contributed by atoms with van der Waals surface area (Å²) in [7, 11) is 1.49. The molecular formula is C15H12F2N2O. The fraction of sp³-hybridized carbons (Fsp3) is 0.133. The summed E-state index contributed by atoms with van der Waals surface area (Å²) >= 11 is 0. The molecule has 0 aliphatic heterocycles. The summed E-state index contributed by atoms with van der Waals surface area (Å²) in [5.41, 5.74) is 1.19. The lowest BCUT2D eigenvalue weighted by molar-refractivity contribution is 0.416. The number of para-hydroxylation sites is 1. The fourth-order valence-corrected chi connectivity index (χ4v) is 1.83. The van der Waals surface area contributed by atoms with Gasteiger partial charge in [0.2, 0.25) is 0 Å². The molecule has 102 valence electrons. The number of ether oxygens (including phenoxy) is 1. The van der Waals surface area contributed by atoms with Crippen LogP contribution in [0.5, 0.6) is 5.75 Å². The predicted octanol–water partition coefficient (Wildman–Crippen LogP) is 3.46. The average molecular weight is 274 g/mol. The van der Waals surface area contributed by atoms with Crippen molar-refractivity contribution in [1.82, 2.24) is 0 Å². The summed E-state index contributed by atoms with van der Waals surface area (Å²) in [6.45, 7) is 0.126. The van der Waals surface area contributed by atoms with Crippen molar-refractivity contribution in [3.63, 3.8) is 0 Å². The number of halogens is 2. The summed E-state index contributed by atoms with van der Waals surface area (Å²) in [5, 5.41) is 12.0. The van der Waals surface area contributed by atoms with E-state index >= 15 is 0 Å². The van der Waals surface area contributed by atoms with Crippen LogP contribution in [-0.4, -0.2) is 7.11 Å². The number of rotatable bonds is 4. The number of nitriles is 1. The molecule has 0 fully saturated rings. The normalized spacial score (nSPS) is 9.90. The third-order valence-corrected chi connectivity index (χ3v) is 2.84. The molecule has 0 amide bonds. The first-order chi connectivity index (χ1) is 9.65. The molecular weight excluding hydrogens is 262 g/mol. The van der Waals surface area contributed by atoms with E-state index in [9.17, 15) is 8.78 Å². The highest BCUT2D eigenvalue weighted by Gasteiger charge is 2.10. The number of methoxy groups -OCH3 is 1. The molecule has 0 spiro atoms. The maximum absolute atomic E-state index is 13.5. The fourth-order valence-electron chi connectivity index (χ4n) is 1.83. The molecule has 2 rings (SSSR count). The van der Waals surface area contributed by atoms with Gasteiger partial charge in [-0.15, -0.1) is 0 Å². The van der Waals surface area contributed by atoms with Crippen molar-refractivity contribution in [2.24, 2.45) is 0 Å². The Labute approximate surface area is 115 Å². The molecule has 0 saturated carbocycles. The maximum Gasteiger partial charge on any atom is 0.143 e. The van der Waals surface area contributed by atoms with Crippen LogP contribution in [0.3, 0.4) is 0 Å². The molecule has 1 N–H and O–H groups in total. The molecule has 0 aromatic heterocycles. The number of hydrogen-bond donors (Lipinski definition) is 1. The predicted molar refractivity (Wildman–Crippen MR) is 71.4 cm³/mol. The van der Waals surface area contributed by atoms with E-state index in [2.05, 4.69) is 5.32 Å². The van der Waals surface area contributed by atoms with E-state index in [0.717, 1.165) is 6.07 Å². The van der Waals surface area contributed by atoms with Crippen LogP contribution in [0.15, 0.2) is 36.4 Å². The summed E-state index contributed by atoms with van der Waals surface area (Å²) in [6.07, 6.45) is 0. The lowest BCUT2D eigenvalue weighted by Gasteiger charge is -2.13. The zero-order valence-corrected chi connectivity index (χ0v) is 10.8. The number of anilines is 1. The van der Waals surface area contributed by atoms with Crippen molar-refractivity contribution >= 4 is 5.69 Å². The molecule has 0 heterocycles. The lowest BCUT2D eigenvalue weighted by atomic mass is 10.1. The number of benzene rings is 2. The SMILES string of the molecule is COc1cccc(C#N)c1NCc1ccc(F)cc1F. The molecule has 3 nitrogen and oxygen atoms in total. The highest BCUT2D eigenvalue weighted by atomic mass is 19.1. The minimum absolute atomic E-state index is 0.126. The van der Waals surface area contributed by atoms with Crippen LogP contribution in [0.1, 0.15) is 11.1 Å². The van der Waals surface area contributed by atoms with E-state index < -0.39 is 11.6 Å².